The van der Waals surface area contributed by atoms with Gasteiger partial charge in [-0.3, -0.25) is 5.41 Å². The fourth-order valence-corrected chi connectivity index (χ4v) is 1.24. The Labute approximate surface area is 89.9 Å². The number of hydrogen-bond donors (Lipinski definition) is 1. The largest absolute Gasteiger partial charge is 0.474 e. The SMILES string of the molecule is CC(=N)OC1CN(C(=O)OC(C)(C)C)C1. The molecule has 1 heterocycles. The van der Waals surface area contributed by atoms with Crippen molar-refractivity contribution in [3.8, 4) is 0 Å². The summed E-state index contributed by atoms with van der Waals surface area (Å²) in [5, 5.41) is 7.12. The van der Waals surface area contributed by atoms with Crippen molar-refractivity contribution in [1.82, 2.24) is 4.90 Å². The molecule has 0 aliphatic carbocycles. The first-order valence-electron chi connectivity index (χ1n) is 4.97. The van der Waals surface area contributed by atoms with E-state index < -0.39 is 5.60 Å². The van der Waals surface area contributed by atoms with E-state index in [0.29, 0.717) is 13.1 Å². The van der Waals surface area contributed by atoms with Crippen molar-refractivity contribution in [3.05, 3.63) is 0 Å². The van der Waals surface area contributed by atoms with Crippen LogP contribution in [0.25, 0.3) is 0 Å². The van der Waals surface area contributed by atoms with Gasteiger partial charge < -0.3 is 14.4 Å². The highest BCUT2D eigenvalue weighted by atomic mass is 16.6. The zero-order valence-electron chi connectivity index (χ0n) is 9.66. The Morgan fingerprint density at radius 1 is 1.40 bits per heavy atom. The van der Waals surface area contributed by atoms with Crippen LogP contribution in [0.5, 0.6) is 0 Å². The first-order chi connectivity index (χ1) is 6.78. The Bertz CT molecular complexity index is 264. The minimum atomic E-state index is -0.458. The van der Waals surface area contributed by atoms with Gasteiger partial charge in [0.25, 0.3) is 0 Å². The van der Waals surface area contributed by atoms with Gasteiger partial charge in [-0.05, 0) is 20.8 Å². The van der Waals surface area contributed by atoms with E-state index in [1.807, 2.05) is 20.8 Å². The second-order valence-electron chi connectivity index (χ2n) is 4.68. The average Bonchev–Trinajstić information content (AvgIpc) is 1.91. The Hall–Kier alpha value is -1.26. The summed E-state index contributed by atoms with van der Waals surface area (Å²) in [6.07, 6.45) is -0.361. The summed E-state index contributed by atoms with van der Waals surface area (Å²) in [6, 6.07) is 0. The van der Waals surface area contributed by atoms with E-state index in [9.17, 15) is 4.79 Å². The van der Waals surface area contributed by atoms with Gasteiger partial charge in [0.15, 0.2) is 5.90 Å². The van der Waals surface area contributed by atoms with Crippen LogP contribution in [0.15, 0.2) is 0 Å². The molecule has 1 saturated heterocycles. The predicted octanol–water partition coefficient (Wildman–Crippen LogP) is 1.62. The average molecular weight is 214 g/mol. The third-order valence-electron chi connectivity index (χ3n) is 1.84. The Balaban J connectivity index is 2.27. The molecule has 0 bridgehead atoms. The molecule has 0 aromatic heterocycles. The van der Waals surface area contributed by atoms with Gasteiger partial charge in [0.1, 0.15) is 11.7 Å². The molecule has 5 nitrogen and oxygen atoms in total. The maximum atomic E-state index is 11.5. The third-order valence-corrected chi connectivity index (χ3v) is 1.84. The standard InChI is InChI=1S/C10H18N2O3/c1-7(11)14-8-5-12(6-8)9(13)15-10(2,3)4/h8,11H,5-6H2,1-4H3. The van der Waals surface area contributed by atoms with E-state index in [-0.39, 0.29) is 18.1 Å². The lowest BCUT2D eigenvalue weighted by Gasteiger charge is -2.39. The highest BCUT2D eigenvalue weighted by molar-refractivity contribution is 5.71. The van der Waals surface area contributed by atoms with Crippen LogP contribution < -0.4 is 0 Å². The van der Waals surface area contributed by atoms with Gasteiger partial charge in [-0.2, -0.15) is 0 Å². The molecule has 0 radical (unpaired) electrons. The molecule has 0 aromatic rings. The molecule has 0 atom stereocenters. The fraction of sp³-hybridized carbons (Fsp3) is 0.800. The number of nitrogens with zero attached hydrogens (tertiary/aromatic N) is 1. The summed E-state index contributed by atoms with van der Waals surface area (Å²) in [5.74, 6) is 0.184. The number of amides is 1. The third kappa shape index (κ3) is 3.77. The van der Waals surface area contributed by atoms with Gasteiger partial charge in [-0.25, -0.2) is 4.79 Å². The van der Waals surface area contributed by atoms with E-state index in [2.05, 4.69) is 0 Å². The molecule has 1 N–H and O–H groups in total. The fourth-order valence-electron chi connectivity index (χ4n) is 1.24. The van der Waals surface area contributed by atoms with E-state index in [4.69, 9.17) is 14.9 Å². The summed E-state index contributed by atoms with van der Waals surface area (Å²) in [5.41, 5.74) is -0.458. The lowest BCUT2D eigenvalue weighted by Crippen LogP contribution is -2.56. The van der Waals surface area contributed by atoms with Gasteiger partial charge in [0.2, 0.25) is 0 Å². The van der Waals surface area contributed by atoms with Crippen molar-refractivity contribution in [2.24, 2.45) is 0 Å². The van der Waals surface area contributed by atoms with Crippen LogP contribution in [0.1, 0.15) is 27.7 Å². The predicted molar refractivity (Wildman–Crippen MR) is 56.1 cm³/mol. The number of nitrogens with one attached hydrogen (secondary N) is 1. The molecule has 0 spiro atoms. The lowest BCUT2D eigenvalue weighted by molar-refractivity contribution is -0.0262. The van der Waals surface area contributed by atoms with Crippen LogP contribution >= 0.6 is 0 Å². The van der Waals surface area contributed by atoms with Crippen molar-refractivity contribution in [2.45, 2.75) is 39.4 Å². The van der Waals surface area contributed by atoms with Crippen molar-refractivity contribution < 1.29 is 14.3 Å². The minimum Gasteiger partial charge on any atom is -0.474 e. The summed E-state index contributed by atoms with van der Waals surface area (Å²) >= 11 is 0. The van der Waals surface area contributed by atoms with E-state index in [1.165, 1.54) is 0 Å². The van der Waals surface area contributed by atoms with Crippen LogP contribution in [-0.2, 0) is 9.47 Å². The number of likely N-dealkylation sites (tertiary alicyclic amines) is 1. The molecule has 0 unspecified atom stereocenters. The highest BCUT2D eigenvalue weighted by Crippen LogP contribution is 2.16. The van der Waals surface area contributed by atoms with Gasteiger partial charge >= 0.3 is 6.09 Å². The zero-order valence-corrected chi connectivity index (χ0v) is 9.66. The molecule has 5 heteroatoms. The van der Waals surface area contributed by atoms with Crippen LogP contribution in [0, 0.1) is 5.41 Å². The molecule has 1 fully saturated rings. The molecule has 1 amide bonds. The molecule has 15 heavy (non-hydrogen) atoms. The Kier molecular flexibility index (Phi) is 3.21. The van der Waals surface area contributed by atoms with Crippen LogP contribution in [-0.4, -0.2) is 41.7 Å². The van der Waals surface area contributed by atoms with Crippen molar-refractivity contribution >= 4 is 12.0 Å². The summed E-state index contributed by atoms with van der Waals surface area (Å²) in [6.45, 7) is 8.09. The van der Waals surface area contributed by atoms with Crippen LogP contribution in [0.2, 0.25) is 0 Å². The molecule has 1 rings (SSSR count). The monoisotopic (exact) mass is 214 g/mol. The van der Waals surface area contributed by atoms with Gasteiger partial charge in [0, 0.05) is 6.92 Å². The number of ether oxygens (including phenoxy) is 2. The van der Waals surface area contributed by atoms with Gasteiger partial charge in [-0.15, -0.1) is 0 Å². The summed E-state index contributed by atoms with van der Waals surface area (Å²) < 4.78 is 10.3. The van der Waals surface area contributed by atoms with Gasteiger partial charge in [-0.1, -0.05) is 0 Å². The Morgan fingerprint density at radius 3 is 2.33 bits per heavy atom. The van der Waals surface area contributed by atoms with E-state index in [0.717, 1.165) is 0 Å². The second kappa shape index (κ2) is 4.08. The van der Waals surface area contributed by atoms with Crippen LogP contribution in [0.4, 0.5) is 4.79 Å². The van der Waals surface area contributed by atoms with Gasteiger partial charge in [0.05, 0.1) is 13.1 Å². The van der Waals surface area contributed by atoms with Crippen molar-refractivity contribution in [2.75, 3.05) is 13.1 Å². The number of carbonyl (C=O) groups excluding carboxylic acids is 1. The Morgan fingerprint density at radius 2 is 1.93 bits per heavy atom. The van der Waals surface area contributed by atoms with E-state index >= 15 is 0 Å². The second-order valence-corrected chi connectivity index (χ2v) is 4.68. The first kappa shape index (κ1) is 11.8. The zero-order chi connectivity index (χ0) is 11.6. The summed E-state index contributed by atoms with van der Waals surface area (Å²) in [7, 11) is 0. The maximum Gasteiger partial charge on any atom is 0.410 e. The molecule has 86 valence electrons. The summed E-state index contributed by atoms with van der Waals surface area (Å²) in [4.78, 5) is 13.0. The smallest absolute Gasteiger partial charge is 0.410 e. The molecular formula is C10H18N2O3. The number of rotatable bonds is 1. The lowest BCUT2D eigenvalue weighted by atomic mass is 10.2. The maximum absolute atomic E-state index is 11.5. The number of carbonyl (C=O) groups is 1. The number of hydrogen-bond acceptors (Lipinski definition) is 4. The first-order valence-corrected chi connectivity index (χ1v) is 4.97. The quantitative estimate of drug-likeness (QED) is 0.533. The minimum absolute atomic E-state index is 0.0463. The molecule has 1 aliphatic heterocycles. The van der Waals surface area contributed by atoms with Crippen molar-refractivity contribution in [3.63, 3.8) is 0 Å². The molecule has 1 aliphatic rings. The molecule has 0 aromatic carbocycles. The van der Waals surface area contributed by atoms with Crippen LogP contribution in [0.3, 0.4) is 0 Å². The molecule has 0 saturated carbocycles. The highest BCUT2D eigenvalue weighted by Gasteiger charge is 2.35. The normalized spacial score (nSPS) is 16.9. The topological polar surface area (TPSA) is 62.6 Å². The van der Waals surface area contributed by atoms with E-state index in [1.54, 1.807) is 11.8 Å². The molecular weight excluding hydrogens is 196 g/mol. The van der Waals surface area contributed by atoms with Crippen molar-refractivity contribution in [1.29, 1.82) is 5.41 Å².